The van der Waals surface area contributed by atoms with E-state index in [2.05, 4.69) is 20.6 Å². The highest BCUT2D eigenvalue weighted by atomic mass is 16.4. The van der Waals surface area contributed by atoms with Crippen LogP contribution in [0.3, 0.4) is 0 Å². The van der Waals surface area contributed by atoms with Gasteiger partial charge < -0.3 is 20.7 Å². The second-order valence-electron chi connectivity index (χ2n) is 4.40. The van der Waals surface area contributed by atoms with Crippen LogP contribution >= 0.6 is 0 Å². The lowest BCUT2D eigenvalue weighted by molar-refractivity contribution is 0.0697. The third-order valence-corrected chi connectivity index (χ3v) is 2.87. The van der Waals surface area contributed by atoms with Gasteiger partial charge in [-0.25, -0.2) is 14.6 Å². The Bertz CT molecular complexity index is 593. The van der Waals surface area contributed by atoms with Crippen LogP contribution in [-0.4, -0.2) is 33.6 Å². The number of carbonyl (C=O) groups is 2. The number of urea groups is 1. The molecule has 7 heteroatoms. The number of carboxylic acid groups (broad SMARTS) is 1. The van der Waals surface area contributed by atoms with E-state index in [4.69, 9.17) is 5.11 Å². The first-order valence-corrected chi connectivity index (χ1v) is 6.47. The van der Waals surface area contributed by atoms with Crippen LogP contribution < -0.4 is 10.6 Å². The molecule has 0 fully saturated rings. The van der Waals surface area contributed by atoms with Crippen LogP contribution in [0, 0.1) is 0 Å². The fraction of sp³-hybridized carbons (Fsp3) is 0.214. The van der Waals surface area contributed by atoms with Crippen molar-refractivity contribution in [2.75, 3.05) is 6.54 Å². The van der Waals surface area contributed by atoms with E-state index in [-0.39, 0.29) is 11.6 Å². The first-order valence-electron chi connectivity index (χ1n) is 6.47. The molecular formula is C14H16N4O3. The van der Waals surface area contributed by atoms with Crippen molar-refractivity contribution in [2.24, 2.45) is 0 Å². The molecule has 1 aromatic heterocycles. The Morgan fingerprint density at radius 3 is 2.57 bits per heavy atom. The lowest BCUT2D eigenvalue weighted by Gasteiger charge is -2.06. The second kappa shape index (κ2) is 7.09. The van der Waals surface area contributed by atoms with Crippen molar-refractivity contribution in [3.05, 3.63) is 53.6 Å². The van der Waals surface area contributed by atoms with E-state index in [1.165, 1.54) is 0 Å². The third kappa shape index (κ3) is 4.64. The molecule has 7 nitrogen and oxygen atoms in total. The number of H-pyrrole nitrogens is 1. The molecule has 0 aliphatic carbocycles. The Morgan fingerprint density at radius 1 is 1.19 bits per heavy atom. The molecule has 0 radical (unpaired) electrons. The highest BCUT2D eigenvalue weighted by Gasteiger charge is 2.03. The summed E-state index contributed by atoms with van der Waals surface area (Å²) in [5.74, 6) is -0.258. The number of carbonyl (C=O) groups excluding carboxylic acids is 1. The van der Waals surface area contributed by atoms with Crippen molar-refractivity contribution in [2.45, 2.75) is 13.0 Å². The number of hydrogen-bond acceptors (Lipinski definition) is 3. The molecule has 0 aliphatic rings. The lowest BCUT2D eigenvalue weighted by Crippen LogP contribution is -2.36. The fourth-order valence-electron chi connectivity index (χ4n) is 1.76. The molecule has 110 valence electrons. The Balaban J connectivity index is 1.68. The number of nitrogens with zero attached hydrogens (tertiary/aromatic N) is 1. The molecule has 0 saturated carbocycles. The number of aromatic nitrogens is 2. The minimum absolute atomic E-state index is 0.253. The summed E-state index contributed by atoms with van der Waals surface area (Å²) in [6, 6.07) is 6.31. The molecule has 2 rings (SSSR count). The number of rotatable bonds is 6. The Labute approximate surface area is 121 Å². The highest BCUT2D eigenvalue weighted by molar-refractivity contribution is 5.87. The Morgan fingerprint density at radius 2 is 1.95 bits per heavy atom. The van der Waals surface area contributed by atoms with Crippen LogP contribution in [0.5, 0.6) is 0 Å². The van der Waals surface area contributed by atoms with Crippen LogP contribution in [0.25, 0.3) is 0 Å². The van der Waals surface area contributed by atoms with Crippen molar-refractivity contribution in [3.8, 4) is 0 Å². The van der Waals surface area contributed by atoms with Crippen LogP contribution in [0.2, 0.25) is 0 Å². The first kappa shape index (κ1) is 14.6. The van der Waals surface area contributed by atoms with Crippen molar-refractivity contribution in [1.29, 1.82) is 0 Å². The predicted octanol–water partition coefficient (Wildman–Crippen LogP) is 1.15. The van der Waals surface area contributed by atoms with Crippen molar-refractivity contribution >= 4 is 12.0 Å². The monoisotopic (exact) mass is 288 g/mol. The van der Waals surface area contributed by atoms with Crippen LogP contribution in [0.1, 0.15) is 21.7 Å². The summed E-state index contributed by atoms with van der Waals surface area (Å²) in [5, 5.41) is 14.2. The second-order valence-corrected chi connectivity index (χ2v) is 4.40. The molecule has 0 spiro atoms. The number of nitrogens with one attached hydrogen (secondary N) is 3. The first-order chi connectivity index (χ1) is 10.1. The lowest BCUT2D eigenvalue weighted by atomic mass is 10.1. The van der Waals surface area contributed by atoms with E-state index >= 15 is 0 Å². The topological polar surface area (TPSA) is 107 Å². The van der Waals surface area contributed by atoms with Gasteiger partial charge in [-0.1, -0.05) is 12.1 Å². The average molecular weight is 288 g/mol. The zero-order chi connectivity index (χ0) is 15.1. The Hall–Kier alpha value is -2.83. The normalized spacial score (nSPS) is 10.1. The molecule has 2 aromatic rings. The van der Waals surface area contributed by atoms with Crippen molar-refractivity contribution < 1.29 is 14.7 Å². The maximum absolute atomic E-state index is 11.5. The predicted molar refractivity (Wildman–Crippen MR) is 75.9 cm³/mol. The van der Waals surface area contributed by atoms with Gasteiger partial charge in [-0.3, -0.25) is 0 Å². The van der Waals surface area contributed by atoms with E-state index in [1.54, 1.807) is 36.7 Å². The molecule has 2 amide bonds. The van der Waals surface area contributed by atoms with Gasteiger partial charge in [0.15, 0.2) is 0 Å². The summed E-state index contributed by atoms with van der Waals surface area (Å²) >= 11 is 0. The molecule has 0 atom stereocenters. The summed E-state index contributed by atoms with van der Waals surface area (Å²) in [4.78, 5) is 29.1. The summed E-state index contributed by atoms with van der Waals surface area (Å²) in [6.45, 7) is 0.808. The van der Waals surface area contributed by atoms with E-state index in [0.717, 1.165) is 5.56 Å². The number of benzene rings is 1. The molecule has 0 aliphatic heterocycles. The van der Waals surface area contributed by atoms with Gasteiger partial charge in [-0.05, 0) is 24.1 Å². The minimum Gasteiger partial charge on any atom is -0.478 e. The van der Waals surface area contributed by atoms with Crippen molar-refractivity contribution in [1.82, 2.24) is 20.6 Å². The van der Waals surface area contributed by atoms with E-state index < -0.39 is 5.97 Å². The van der Waals surface area contributed by atoms with Gasteiger partial charge in [0.25, 0.3) is 0 Å². The van der Waals surface area contributed by atoms with E-state index in [0.29, 0.717) is 25.3 Å². The number of aromatic carboxylic acids is 1. The summed E-state index contributed by atoms with van der Waals surface area (Å²) < 4.78 is 0. The number of carboxylic acids is 1. The standard InChI is InChI=1S/C14H16N4O3/c19-13(20)11-3-1-10(2-4-11)5-6-17-14(21)18-9-12-15-7-8-16-12/h1-4,7-8H,5-6,9H2,(H,15,16)(H,19,20)(H2,17,18,21). The molecule has 0 saturated heterocycles. The molecule has 4 N–H and O–H groups in total. The zero-order valence-electron chi connectivity index (χ0n) is 11.3. The quantitative estimate of drug-likeness (QED) is 0.639. The van der Waals surface area contributed by atoms with Crippen LogP contribution in [0.4, 0.5) is 4.79 Å². The summed E-state index contributed by atoms with van der Waals surface area (Å²) in [5.41, 5.74) is 1.22. The van der Waals surface area contributed by atoms with Gasteiger partial charge in [0.05, 0.1) is 12.1 Å². The molecular weight excluding hydrogens is 272 g/mol. The zero-order valence-corrected chi connectivity index (χ0v) is 11.3. The van der Waals surface area contributed by atoms with Crippen LogP contribution in [-0.2, 0) is 13.0 Å². The van der Waals surface area contributed by atoms with E-state index in [1.807, 2.05) is 0 Å². The van der Waals surface area contributed by atoms with E-state index in [9.17, 15) is 9.59 Å². The number of hydrogen-bond donors (Lipinski definition) is 4. The average Bonchev–Trinajstić information content (AvgIpc) is 2.99. The van der Waals surface area contributed by atoms with Gasteiger partial charge in [0.2, 0.25) is 0 Å². The van der Waals surface area contributed by atoms with Crippen molar-refractivity contribution in [3.63, 3.8) is 0 Å². The Kier molecular flexibility index (Phi) is 4.92. The molecule has 0 bridgehead atoms. The highest BCUT2D eigenvalue weighted by Crippen LogP contribution is 2.04. The minimum atomic E-state index is -0.947. The summed E-state index contributed by atoms with van der Waals surface area (Å²) in [7, 11) is 0. The van der Waals surface area contributed by atoms with Gasteiger partial charge in [-0.15, -0.1) is 0 Å². The van der Waals surface area contributed by atoms with Gasteiger partial charge in [0.1, 0.15) is 5.82 Å². The smallest absolute Gasteiger partial charge is 0.335 e. The maximum Gasteiger partial charge on any atom is 0.335 e. The largest absolute Gasteiger partial charge is 0.478 e. The third-order valence-electron chi connectivity index (χ3n) is 2.87. The molecule has 21 heavy (non-hydrogen) atoms. The van der Waals surface area contributed by atoms with Gasteiger partial charge >= 0.3 is 12.0 Å². The molecule has 1 aromatic carbocycles. The molecule has 1 heterocycles. The summed E-state index contributed by atoms with van der Waals surface area (Å²) in [6.07, 6.45) is 3.94. The van der Waals surface area contributed by atoms with Crippen LogP contribution in [0.15, 0.2) is 36.7 Å². The van der Waals surface area contributed by atoms with Gasteiger partial charge in [0, 0.05) is 18.9 Å². The fourth-order valence-corrected chi connectivity index (χ4v) is 1.76. The van der Waals surface area contributed by atoms with Gasteiger partial charge in [-0.2, -0.15) is 0 Å². The SMILES string of the molecule is O=C(NCCc1ccc(C(=O)O)cc1)NCc1ncc[nH]1. The number of amides is 2. The number of imidazole rings is 1. The maximum atomic E-state index is 11.5. The molecule has 0 unspecified atom stereocenters. The number of aromatic amines is 1.